The van der Waals surface area contributed by atoms with Crippen molar-refractivity contribution in [3.63, 3.8) is 0 Å². The maximum absolute atomic E-state index is 14.3. The monoisotopic (exact) mass is 632 g/mol. The van der Waals surface area contributed by atoms with Crippen molar-refractivity contribution in [3.8, 4) is 5.75 Å². The molecule has 1 aliphatic heterocycles. The topological polar surface area (TPSA) is 103 Å². The summed E-state index contributed by atoms with van der Waals surface area (Å²) in [5.74, 6) is -4.27. The van der Waals surface area contributed by atoms with E-state index in [4.69, 9.17) is 9.72 Å². The molecular weight excluding hydrogens is 592 g/mol. The summed E-state index contributed by atoms with van der Waals surface area (Å²) in [6, 6.07) is 4.76. The standard InChI is InChI=1S/C32H40F4N6O3/c1-28(2)17-42(23-13-30(23)8-10-32(35,36)16-30)24-20(41(3)26(28)44)14-37-27(40-24)38-19-6-5-18(11-21(19)45-4)25(43)39-22-12-29(22)7-9-31(33,34)15-29/h5-6,11,14,22-23,25,39,43H,7-10,12-13,15-17H2,1-4H3,(H,37,38,40)/t22?,23-,25?,29+,30?/m1/s1. The van der Waals surface area contributed by atoms with E-state index in [2.05, 4.69) is 15.6 Å². The summed E-state index contributed by atoms with van der Waals surface area (Å²) in [7, 11) is 3.17. The zero-order valence-electron chi connectivity index (χ0n) is 26.0. The minimum atomic E-state index is -2.68. The fourth-order valence-corrected chi connectivity index (χ4v) is 8.18. The van der Waals surface area contributed by atoms with Gasteiger partial charge in [0.25, 0.3) is 0 Å². The zero-order valence-corrected chi connectivity index (χ0v) is 26.0. The third kappa shape index (κ3) is 5.29. The molecule has 0 bridgehead atoms. The van der Waals surface area contributed by atoms with Crippen molar-refractivity contribution >= 4 is 29.0 Å². The van der Waals surface area contributed by atoms with E-state index in [9.17, 15) is 27.5 Å². The summed E-state index contributed by atoms with van der Waals surface area (Å²) < 4.78 is 61.9. The van der Waals surface area contributed by atoms with Crippen LogP contribution in [0.15, 0.2) is 24.4 Å². The molecule has 2 heterocycles. The molecule has 0 saturated heterocycles. The van der Waals surface area contributed by atoms with E-state index < -0.39 is 34.3 Å². The number of nitrogens with one attached hydrogen (secondary N) is 2. The Hall–Kier alpha value is -3.19. The second kappa shape index (κ2) is 9.90. The number of anilines is 4. The Morgan fingerprint density at radius 2 is 1.73 bits per heavy atom. The van der Waals surface area contributed by atoms with Crippen molar-refractivity contribution < 1.29 is 32.2 Å². The van der Waals surface area contributed by atoms with Gasteiger partial charge in [0.05, 0.1) is 24.4 Å². The van der Waals surface area contributed by atoms with Gasteiger partial charge in [-0.2, -0.15) is 4.98 Å². The molecular formula is C32H40F4N6O3. The maximum Gasteiger partial charge on any atom is 0.248 e. The van der Waals surface area contributed by atoms with Crippen LogP contribution < -0.4 is 25.2 Å². The molecule has 1 amide bonds. The van der Waals surface area contributed by atoms with Gasteiger partial charge in [0.2, 0.25) is 23.7 Å². The largest absolute Gasteiger partial charge is 0.495 e. The van der Waals surface area contributed by atoms with E-state index in [0.29, 0.717) is 60.7 Å². The first kappa shape index (κ1) is 30.5. The number of nitrogens with zero attached hydrogens (tertiary/aromatic N) is 4. The number of halogens is 4. The van der Waals surface area contributed by atoms with Crippen LogP contribution in [0.1, 0.15) is 77.0 Å². The van der Waals surface area contributed by atoms with Crippen LogP contribution in [0.4, 0.5) is 40.7 Å². The smallest absolute Gasteiger partial charge is 0.248 e. The highest BCUT2D eigenvalue weighted by molar-refractivity contribution is 6.01. The Morgan fingerprint density at radius 3 is 2.38 bits per heavy atom. The number of benzene rings is 1. The number of rotatable bonds is 7. The van der Waals surface area contributed by atoms with Crippen LogP contribution in [0.2, 0.25) is 0 Å². The first-order chi connectivity index (χ1) is 21.1. The average Bonchev–Trinajstić information content (AvgIpc) is 3.78. The molecule has 3 unspecified atom stereocenters. The Balaban J connectivity index is 1.12. The summed E-state index contributed by atoms with van der Waals surface area (Å²) in [6.45, 7) is 4.05. The van der Waals surface area contributed by atoms with E-state index >= 15 is 0 Å². The number of ether oxygens (including phenoxy) is 1. The number of carbonyl (C=O) groups is 1. The molecule has 0 radical (unpaired) electrons. The summed E-state index contributed by atoms with van der Waals surface area (Å²) in [5, 5.41) is 17.2. The maximum atomic E-state index is 14.3. The van der Waals surface area contributed by atoms with E-state index in [1.807, 2.05) is 18.7 Å². The molecule has 45 heavy (non-hydrogen) atoms. The van der Waals surface area contributed by atoms with Gasteiger partial charge in [0, 0.05) is 51.4 Å². The van der Waals surface area contributed by atoms with Crippen LogP contribution in [0.5, 0.6) is 5.75 Å². The fraction of sp³-hybridized carbons (Fsp3) is 0.656. The lowest BCUT2D eigenvalue weighted by Gasteiger charge is -2.31. The van der Waals surface area contributed by atoms with Crippen molar-refractivity contribution in [2.24, 2.45) is 16.2 Å². The number of aliphatic hydroxyl groups is 1. The molecule has 5 aliphatic rings. The predicted molar refractivity (Wildman–Crippen MR) is 160 cm³/mol. The molecule has 244 valence electrons. The van der Waals surface area contributed by atoms with Crippen molar-refractivity contribution in [2.75, 3.05) is 35.8 Å². The summed E-state index contributed by atoms with van der Waals surface area (Å²) in [6.07, 6.45) is 2.10. The van der Waals surface area contributed by atoms with Crippen LogP contribution in [-0.2, 0) is 4.79 Å². The highest BCUT2D eigenvalue weighted by Crippen LogP contribution is 2.65. The summed E-state index contributed by atoms with van der Waals surface area (Å²) in [4.78, 5) is 26.3. The number of carbonyl (C=O) groups excluding carboxylic acids is 1. The normalized spacial score (nSPS) is 32.9. The molecule has 5 atom stereocenters. The molecule has 13 heteroatoms. The molecule has 7 rings (SSSR count). The Bertz CT molecular complexity index is 1540. The van der Waals surface area contributed by atoms with Crippen molar-refractivity contribution in [1.29, 1.82) is 0 Å². The molecule has 4 aliphatic carbocycles. The van der Waals surface area contributed by atoms with Gasteiger partial charge >= 0.3 is 0 Å². The van der Waals surface area contributed by atoms with E-state index in [0.717, 1.165) is 0 Å². The van der Waals surface area contributed by atoms with Gasteiger partial charge < -0.3 is 25.0 Å². The van der Waals surface area contributed by atoms with Gasteiger partial charge in [0.1, 0.15) is 17.7 Å². The Labute approximate surface area is 259 Å². The third-order valence-corrected chi connectivity index (χ3v) is 10.9. The zero-order chi connectivity index (χ0) is 32.2. The number of fused-ring (bicyclic) bond motifs is 1. The molecule has 2 aromatic rings. The predicted octanol–water partition coefficient (Wildman–Crippen LogP) is 5.77. The number of alkyl halides is 4. The molecule has 1 aromatic carbocycles. The van der Waals surface area contributed by atoms with E-state index in [1.165, 1.54) is 12.0 Å². The van der Waals surface area contributed by atoms with Crippen molar-refractivity contribution in [3.05, 3.63) is 30.0 Å². The first-order valence-electron chi connectivity index (χ1n) is 15.6. The van der Waals surface area contributed by atoms with Crippen LogP contribution in [0.3, 0.4) is 0 Å². The van der Waals surface area contributed by atoms with Gasteiger partial charge in [-0.05, 0) is 68.1 Å². The number of hydrogen-bond acceptors (Lipinski definition) is 8. The van der Waals surface area contributed by atoms with Gasteiger partial charge in [-0.1, -0.05) is 6.07 Å². The minimum Gasteiger partial charge on any atom is -0.495 e. The number of aliphatic hydroxyl groups excluding tert-OH is 1. The summed E-state index contributed by atoms with van der Waals surface area (Å²) in [5.41, 5.74) is -0.159. The van der Waals surface area contributed by atoms with Gasteiger partial charge in [0.15, 0.2) is 5.82 Å². The van der Waals surface area contributed by atoms with Crippen LogP contribution in [-0.4, -0.2) is 65.6 Å². The van der Waals surface area contributed by atoms with Crippen molar-refractivity contribution in [2.45, 2.75) is 95.4 Å². The molecule has 9 nitrogen and oxygen atoms in total. The van der Waals surface area contributed by atoms with Crippen LogP contribution in [0.25, 0.3) is 0 Å². The summed E-state index contributed by atoms with van der Waals surface area (Å²) >= 11 is 0. The van der Waals surface area contributed by atoms with Crippen LogP contribution >= 0.6 is 0 Å². The van der Waals surface area contributed by atoms with E-state index in [1.54, 1.807) is 31.4 Å². The molecule has 1 aromatic heterocycles. The molecule has 4 fully saturated rings. The highest BCUT2D eigenvalue weighted by atomic mass is 19.3. The quantitative estimate of drug-likeness (QED) is 0.261. The molecule has 2 spiro atoms. The fourth-order valence-electron chi connectivity index (χ4n) is 8.18. The van der Waals surface area contributed by atoms with Crippen molar-refractivity contribution in [1.82, 2.24) is 15.3 Å². The average molecular weight is 633 g/mol. The van der Waals surface area contributed by atoms with Crippen LogP contribution in [0, 0.1) is 16.2 Å². The molecule has 4 saturated carbocycles. The van der Waals surface area contributed by atoms with Gasteiger partial charge in [-0.15, -0.1) is 0 Å². The molecule has 3 N–H and O–H groups in total. The second-order valence-corrected chi connectivity index (χ2v) is 14.7. The Morgan fingerprint density at radius 1 is 1.04 bits per heavy atom. The SMILES string of the molecule is COc1cc(C(O)NC2C[C@]23CCC(F)(F)C3)ccc1Nc1ncc2c(n1)N([C@@H]1CC13CCC(F)(F)C3)CC(C)(C)C(=O)N2C. The van der Waals surface area contributed by atoms with Gasteiger partial charge in [-0.25, -0.2) is 22.5 Å². The number of amides is 1. The minimum absolute atomic E-state index is 0.106. The lowest BCUT2D eigenvalue weighted by Crippen LogP contribution is -2.44. The highest BCUT2D eigenvalue weighted by Gasteiger charge is 2.66. The number of hydrogen-bond donors (Lipinski definition) is 3. The lowest BCUT2D eigenvalue weighted by molar-refractivity contribution is -0.125. The first-order valence-corrected chi connectivity index (χ1v) is 15.6. The lowest BCUT2D eigenvalue weighted by atomic mass is 9.91. The second-order valence-electron chi connectivity index (χ2n) is 14.7. The van der Waals surface area contributed by atoms with Gasteiger partial charge in [-0.3, -0.25) is 10.1 Å². The third-order valence-electron chi connectivity index (χ3n) is 10.9. The number of aromatic nitrogens is 2. The number of methoxy groups -OCH3 is 1. The van der Waals surface area contributed by atoms with E-state index in [-0.39, 0.29) is 49.6 Å². The Kier molecular flexibility index (Phi) is 6.70.